The summed E-state index contributed by atoms with van der Waals surface area (Å²) >= 11 is 0. The Morgan fingerprint density at radius 2 is 2.35 bits per heavy atom. The lowest BCUT2D eigenvalue weighted by Crippen LogP contribution is -2.53. The van der Waals surface area contributed by atoms with Gasteiger partial charge in [-0.25, -0.2) is 0 Å². The lowest BCUT2D eigenvalue weighted by Gasteiger charge is -2.28. The van der Waals surface area contributed by atoms with Gasteiger partial charge in [0.05, 0.1) is 11.8 Å². The number of aromatic nitrogens is 1. The molecule has 1 fully saturated rings. The van der Waals surface area contributed by atoms with Gasteiger partial charge in [-0.05, 0) is 37.8 Å². The Hall–Kier alpha value is -2.08. The molecule has 0 bridgehead atoms. The monoisotopic (exact) mass is 275 g/mol. The first-order chi connectivity index (χ1) is 9.62. The lowest BCUT2D eigenvalue weighted by atomic mass is 9.96. The first-order valence-corrected chi connectivity index (χ1v) is 6.65. The van der Waals surface area contributed by atoms with Gasteiger partial charge in [-0.3, -0.25) is 4.79 Å². The Kier molecular flexibility index (Phi) is 3.10. The van der Waals surface area contributed by atoms with E-state index in [1.807, 2.05) is 6.92 Å². The minimum absolute atomic E-state index is 0.233. The Balaban J connectivity index is 1.74. The number of rotatable bonds is 5. The maximum absolute atomic E-state index is 12.2. The standard InChI is InChI=1S/C14H17N3O3/c1-14(8-15,9-4-5-9)16-13(18)10-7-12(20-17-10)11-3-2-6-19-11/h2-3,6-7,9H,4-5,8,15H2,1H3,(H,16,18). The van der Waals surface area contributed by atoms with Gasteiger partial charge < -0.3 is 20.0 Å². The maximum atomic E-state index is 12.2. The predicted molar refractivity (Wildman–Crippen MR) is 71.9 cm³/mol. The molecular weight excluding hydrogens is 258 g/mol. The van der Waals surface area contributed by atoms with Crippen LogP contribution in [-0.4, -0.2) is 23.1 Å². The summed E-state index contributed by atoms with van der Waals surface area (Å²) in [7, 11) is 0. The van der Waals surface area contributed by atoms with Crippen LogP contribution < -0.4 is 11.1 Å². The number of hydrogen-bond donors (Lipinski definition) is 2. The summed E-state index contributed by atoms with van der Waals surface area (Å²) in [5.74, 6) is 1.15. The Morgan fingerprint density at radius 3 is 2.95 bits per heavy atom. The fourth-order valence-corrected chi connectivity index (χ4v) is 2.28. The number of carbonyl (C=O) groups excluding carboxylic acids is 1. The summed E-state index contributed by atoms with van der Waals surface area (Å²) in [5, 5.41) is 6.75. The highest BCUT2D eigenvalue weighted by molar-refractivity contribution is 5.93. The topological polar surface area (TPSA) is 94.3 Å². The van der Waals surface area contributed by atoms with E-state index >= 15 is 0 Å². The van der Waals surface area contributed by atoms with Crippen molar-refractivity contribution in [1.29, 1.82) is 0 Å². The number of nitrogens with one attached hydrogen (secondary N) is 1. The molecule has 1 aliphatic rings. The molecule has 1 aliphatic carbocycles. The molecule has 3 rings (SSSR count). The molecule has 0 radical (unpaired) electrons. The Bertz CT molecular complexity index is 601. The summed E-state index contributed by atoms with van der Waals surface area (Å²) < 4.78 is 10.3. The van der Waals surface area contributed by atoms with Gasteiger partial charge in [0.2, 0.25) is 5.76 Å². The van der Waals surface area contributed by atoms with Crippen molar-refractivity contribution in [3.63, 3.8) is 0 Å². The molecule has 6 nitrogen and oxygen atoms in total. The van der Waals surface area contributed by atoms with Gasteiger partial charge in [-0.2, -0.15) is 0 Å². The molecular formula is C14H17N3O3. The zero-order valence-corrected chi connectivity index (χ0v) is 11.3. The summed E-state index contributed by atoms with van der Waals surface area (Å²) in [6.45, 7) is 2.38. The van der Waals surface area contributed by atoms with Crippen LogP contribution in [-0.2, 0) is 0 Å². The SMILES string of the molecule is CC(CN)(NC(=O)c1cc(-c2ccco2)on1)C1CC1. The molecule has 6 heteroatoms. The molecule has 0 aliphatic heterocycles. The zero-order valence-electron chi connectivity index (χ0n) is 11.3. The van der Waals surface area contributed by atoms with Crippen LogP contribution in [0, 0.1) is 5.92 Å². The van der Waals surface area contributed by atoms with E-state index in [1.165, 1.54) is 6.26 Å². The van der Waals surface area contributed by atoms with Gasteiger partial charge in [0.15, 0.2) is 11.5 Å². The van der Waals surface area contributed by atoms with Crippen LogP contribution in [0.2, 0.25) is 0 Å². The second kappa shape index (κ2) is 4.79. The molecule has 2 aromatic heterocycles. The number of nitrogens with two attached hydrogens (primary N) is 1. The molecule has 0 saturated heterocycles. The van der Waals surface area contributed by atoms with Crippen LogP contribution in [0.15, 0.2) is 33.4 Å². The molecule has 0 spiro atoms. The van der Waals surface area contributed by atoms with E-state index < -0.39 is 0 Å². The van der Waals surface area contributed by atoms with Crippen molar-refractivity contribution >= 4 is 5.91 Å². The van der Waals surface area contributed by atoms with Gasteiger partial charge in [-0.15, -0.1) is 0 Å². The molecule has 0 aromatic carbocycles. The first-order valence-electron chi connectivity index (χ1n) is 6.65. The number of nitrogens with zero attached hydrogens (tertiary/aromatic N) is 1. The zero-order chi connectivity index (χ0) is 14.2. The van der Waals surface area contributed by atoms with E-state index in [1.54, 1.807) is 18.2 Å². The van der Waals surface area contributed by atoms with Crippen molar-refractivity contribution in [2.24, 2.45) is 11.7 Å². The van der Waals surface area contributed by atoms with Crippen LogP contribution >= 0.6 is 0 Å². The summed E-state index contributed by atoms with van der Waals surface area (Å²) in [6, 6.07) is 5.06. The van der Waals surface area contributed by atoms with Crippen LogP contribution in [0.4, 0.5) is 0 Å². The average Bonchev–Trinajstić information content (AvgIpc) is 2.97. The lowest BCUT2D eigenvalue weighted by molar-refractivity contribution is 0.0888. The average molecular weight is 275 g/mol. The van der Waals surface area contributed by atoms with Crippen LogP contribution in [0.25, 0.3) is 11.5 Å². The van der Waals surface area contributed by atoms with Crippen LogP contribution in [0.1, 0.15) is 30.3 Å². The van der Waals surface area contributed by atoms with Gasteiger partial charge in [0.25, 0.3) is 5.91 Å². The van der Waals surface area contributed by atoms with Gasteiger partial charge in [-0.1, -0.05) is 5.16 Å². The summed E-state index contributed by atoms with van der Waals surface area (Å²) in [4.78, 5) is 12.2. The van der Waals surface area contributed by atoms with Crippen molar-refractivity contribution in [2.45, 2.75) is 25.3 Å². The maximum Gasteiger partial charge on any atom is 0.273 e. The molecule has 1 atom stereocenters. The fraction of sp³-hybridized carbons (Fsp3) is 0.429. The van der Waals surface area contributed by atoms with E-state index in [2.05, 4.69) is 10.5 Å². The molecule has 20 heavy (non-hydrogen) atoms. The highest BCUT2D eigenvalue weighted by atomic mass is 16.5. The molecule has 2 aromatic rings. The summed E-state index contributed by atoms with van der Waals surface area (Å²) in [5.41, 5.74) is 5.64. The molecule has 3 N–H and O–H groups in total. The van der Waals surface area contributed by atoms with Crippen LogP contribution in [0.3, 0.4) is 0 Å². The predicted octanol–water partition coefficient (Wildman–Crippen LogP) is 1.79. The van der Waals surface area contributed by atoms with Crippen molar-refractivity contribution in [3.05, 3.63) is 30.2 Å². The largest absolute Gasteiger partial charge is 0.461 e. The highest BCUT2D eigenvalue weighted by Crippen LogP contribution is 2.39. The number of hydrogen-bond acceptors (Lipinski definition) is 5. The quantitative estimate of drug-likeness (QED) is 0.867. The molecule has 1 unspecified atom stereocenters. The van der Waals surface area contributed by atoms with E-state index in [0.717, 1.165) is 12.8 Å². The highest BCUT2D eigenvalue weighted by Gasteiger charge is 2.42. The number of amides is 1. The molecule has 1 amide bonds. The van der Waals surface area contributed by atoms with Crippen LogP contribution in [0.5, 0.6) is 0 Å². The third kappa shape index (κ3) is 2.34. The van der Waals surface area contributed by atoms with E-state index in [-0.39, 0.29) is 17.1 Å². The third-order valence-electron chi connectivity index (χ3n) is 3.81. The smallest absolute Gasteiger partial charge is 0.273 e. The van der Waals surface area contributed by atoms with E-state index in [4.69, 9.17) is 14.7 Å². The minimum atomic E-state index is -0.374. The van der Waals surface area contributed by atoms with Crippen molar-refractivity contribution in [2.75, 3.05) is 6.54 Å². The van der Waals surface area contributed by atoms with E-state index in [9.17, 15) is 4.79 Å². The van der Waals surface area contributed by atoms with Gasteiger partial charge in [0.1, 0.15) is 0 Å². The van der Waals surface area contributed by atoms with Gasteiger partial charge >= 0.3 is 0 Å². The normalized spacial score (nSPS) is 17.7. The summed E-state index contributed by atoms with van der Waals surface area (Å²) in [6.07, 6.45) is 3.74. The fourth-order valence-electron chi connectivity index (χ4n) is 2.28. The van der Waals surface area contributed by atoms with Gasteiger partial charge in [0, 0.05) is 12.6 Å². The Morgan fingerprint density at radius 1 is 1.55 bits per heavy atom. The number of furan rings is 1. The van der Waals surface area contributed by atoms with Crippen molar-refractivity contribution in [3.8, 4) is 11.5 Å². The third-order valence-corrected chi connectivity index (χ3v) is 3.81. The molecule has 106 valence electrons. The van der Waals surface area contributed by atoms with E-state index in [0.29, 0.717) is 24.0 Å². The molecule has 1 saturated carbocycles. The Labute approximate surface area is 116 Å². The van der Waals surface area contributed by atoms with Crippen molar-refractivity contribution < 1.29 is 13.7 Å². The van der Waals surface area contributed by atoms with Crippen molar-refractivity contribution in [1.82, 2.24) is 10.5 Å². The second-order valence-electron chi connectivity index (χ2n) is 5.40. The number of carbonyl (C=O) groups is 1. The molecule has 2 heterocycles. The first kappa shape index (κ1) is 12.9. The minimum Gasteiger partial charge on any atom is -0.461 e. The second-order valence-corrected chi connectivity index (χ2v) is 5.40.